The van der Waals surface area contributed by atoms with Crippen LogP contribution in [0.1, 0.15) is 12.5 Å². The van der Waals surface area contributed by atoms with Crippen LogP contribution >= 0.6 is 0 Å². The summed E-state index contributed by atoms with van der Waals surface area (Å²) in [7, 11) is 1.62. The first kappa shape index (κ1) is 11.6. The van der Waals surface area contributed by atoms with Gasteiger partial charge in [0, 0.05) is 32.6 Å². The highest BCUT2D eigenvalue weighted by Gasteiger charge is 2.36. The molecule has 1 aromatic heterocycles. The van der Waals surface area contributed by atoms with Gasteiger partial charge in [-0.05, 0) is 6.07 Å². The van der Waals surface area contributed by atoms with Crippen LogP contribution in [-0.2, 0) is 9.53 Å². The molecule has 2 atom stereocenters. The summed E-state index contributed by atoms with van der Waals surface area (Å²) < 4.78 is 7.17. The highest BCUT2D eigenvalue weighted by molar-refractivity contribution is 5.78. The fourth-order valence-electron chi connectivity index (χ4n) is 2.10. The van der Waals surface area contributed by atoms with Gasteiger partial charge in [0.15, 0.2) is 0 Å². The van der Waals surface area contributed by atoms with Crippen molar-refractivity contribution in [3.63, 3.8) is 0 Å². The van der Waals surface area contributed by atoms with Gasteiger partial charge < -0.3 is 9.64 Å². The van der Waals surface area contributed by atoms with E-state index in [0.29, 0.717) is 13.1 Å². The van der Waals surface area contributed by atoms with E-state index in [0.717, 1.165) is 0 Å². The number of hydrogen-bond acceptors (Lipinski definition) is 4. The molecule has 1 saturated heterocycles. The lowest BCUT2D eigenvalue weighted by Gasteiger charge is -2.16. The number of carbonyl (C=O) groups is 1. The third-order valence-corrected chi connectivity index (χ3v) is 2.99. The maximum atomic E-state index is 11.6. The van der Waals surface area contributed by atoms with E-state index < -0.39 is 0 Å². The number of aromatic nitrogens is 2. The second-order valence-electron chi connectivity index (χ2n) is 3.96. The third kappa shape index (κ3) is 2.29. The number of hydrogen-bond donors (Lipinski definition) is 0. The number of carbonyl (C=O) groups excluding carboxylic acids is 1. The molecule has 6 nitrogen and oxygen atoms in total. The highest BCUT2D eigenvalue weighted by Crippen LogP contribution is 2.24. The van der Waals surface area contributed by atoms with Gasteiger partial charge in [0.1, 0.15) is 6.42 Å². The smallest absolute Gasteiger partial charge is 0.236 e. The normalized spacial score (nSPS) is 23.6. The molecule has 6 heteroatoms. The lowest BCUT2D eigenvalue weighted by atomic mass is 10.2. The summed E-state index contributed by atoms with van der Waals surface area (Å²) in [6.07, 6.45) is 3.40. The van der Waals surface area contributed by atoms with E-state index in [9.17, 15) is 4.79 Å². The number of rotatable bonds is 3. The van der Waals surface area contributed by atoms with Gasteiger partial charge in [-0.2, -0.15) is 10.4 Å². The molecule has 0 radical (unpaired) electrons. The molecule has 2 heterocycles. The van der Waals surface area contributed by atoms with E-state index >= 15 is 0 Å². The molecule has 0 unspecified atom stereocenters. The standard InChI is InChI=1S/C11H14N4O2/c1-17-10-8-14(11(16)3-4-12)7-9(10)15-6-2-5-13-15/h2,5-6,9-10H,3,7-8H2,1H3/t9-,10-/m0/s1. The predicted molar refractivity (Wildman–Crippen MR) is 58.9 cm³/mol. The maximum absolute atomic E-state index is 11.6. The van der Waals surface area contributed by atoms with Crippen LogP contribution in [0.5, 0.6) is 0 Å². The average Bonchev–Trinajstić information content (AvgIpc) is 2.97. The van der Waals surface area contributed by atoms with Gasteiger partial charge in [0.2, 0.25) is 5.91 Å². The largest absolute Gasteiger partial charge is 0.377 e. The van der Waals surface area contributed by atoms with Gasteiger partial charge in [-0.1, -0.05) is 0 Å². The number of nitrogens with zero attached hydrogens (tertiary/aromatic N) is 4. The minimum absolute atomic E-state index is 0.0256. The van der Waals surface area contributed by atoms with Crippen LogP contribution in [0.4, 0.5) is 0 Å². The van der Waals surface area contributed by atoms with E-state index in [1.54, 1.807) is 22.9 Å². The topological polar surface area (TPSA) is 71.2 Å². The van der Waals surface area contributed by atoms with Crippen molar-refractivity contribution in [3.05, 3.63) is 18.5 Å². The monoisotopic (exact) mass is 234 g/mol. The van der Waals surface area contributed by atoms with Crippen LogP contribution in [-0.4, -0.2) is 46.9 Å². The first-order chi connectivity index (χ1) is 8.26. The summed E-state index contributed by atoms with van der Waals surface area (Å²) in [5.41, 5.74) is 0. The minimum Gasteiger partial charge on any atom is -0.377 e. The number of methoxy groups -OCH3 is 1. The summed E-state index contributed by atoms with van der Waals surface area (Å²) in [6.45, 7) is 1.06. The van der Waals surface area contributed by atoms with Crippen LogP contribution in [0, 0.1) is 11.3 Å². The Labute approximate surface area is 99.4 Å². The quantitative estimate of drug-likeness (QED) is 0.748. The Kier molecular flexibility index (Phi) is 3.40. The molecule has 1 aliphatic rings. The summed E-state index contributed by atoms with van der Waals surface area (Å²) in [5, 5.41) is 12.7. The molecular weight excluding hydrogens is 220 g/mol. The summed E-state index contributed by atoms with van der Waals surface area (Å²) in [5.74, 6) is -0.149. The van der Waals surface area contributed by atoms with Gasteiger partial charge >= 0.3 is 0 Å². The molecule has 1 fully saturated rings. The Balaban J connectivity index is 2.09. The molecule has 0 N–H and O–H groups in total. The fraction of sp³-hybridized carbons (Fsp3) is 0.545. The number of ether oxygens (including phenoxy) is 1. The predicted octanol–water partition coefficient (Wildman–Crippen LogP) is 0.195. The molecule has 2 rings (SSSR count). The number of likely N-dealkylation sites (tertiary alicyclic amines) is 1. The maximum Gasteiger partial charge on any atom is 0.236 e. The minimum atomic E-state index is -0.149. The van der Waals surface area contributed by atoms with Crippen molar-refractivity contribution in [1.82, 2.24) is 14.7 Å². The van der Waals surface area contributed by atoms with Crippen molar-refractivity contribution in [3.8, 4) is 6.07 Å². The Morgan fingerprint density at radius 2 is 2.47 bits per heavy atom. The zero-order chi connectivity index (χ0) is 12.3. The van der Waals surface area contributed by atoms with Crippen LogP contribution in [0.2, 0.25) is 0 Å². The van der Waals surface area contributed by atoms with Crippen molar-refractivity contribution in [2.24, 2.45) is 0 Å². The lowest BCUT2D eigenvalue weighted by molar-refractivity contribution is -0.129. The molecule has 90 valence electrons. The third-order valence-electron chi connectivity index (χ3n) is 2.99. The van der Waals surface area contributed by atoms with Crippen molar-refractivity contribution >= 4 is 5.91 Å². The summed E-state index contributed by atoms with van der Waals surface area (Å²) in [6, 6.07) is 3.74. The molecule has 1 aromatic rings. The first-order valence-electron chi connectivity index (χ1n) is 5.43. The van der Waals surface area contributed by atoms with Gasteiger partial charge in [0.05, 0.1) is 18.2 Å². The molecule has 0 saturated carbocycles. The van der Waals surface area contributed by atoms with Crippen LogP contribution < -0.4 is 0 Å². The second kappa shape index (κ2) is 4.97. The molecule has 1 amide bonds. The first-order valence-corrected chi connectivity index (χ1v) is 5.43. The van der Waals surface area contributed by atoms with E-state index in [1.165, 1.54) is 0 Å². The molecule has 0 bridgehead atoms. The van der Waals surface area contributed by atoms with Crippen LogP contribution in [0.15, 0.2) is 18.5 Å². The van der Waals surface area contributed by atoms with Crippen molar-refractivity contribution in [1.29, 1.82) is 5.26 Å². The number of amides is 1. The van der Waals surface area contributed by atoms with E-state index in [1.807, 2.05) is 18.3 Å². The Hall–Kier alpha value is -1.87. The Morgan fingerprint density at radius 1 is 1.65 bits per heavy atom. The summed E-state index contributed by atoms with van der Waals surface area (Å²) >= 11 is 0. The lowest BCUT2D eigenvalue weighted by Crippen LogP contribution is -2.29. The molecule has 0 aliphatic carbocycles. The Bertz CT molecular complexity index is 423. The molecule has 0 spiro atoms. The van der Waals surface area contributed by atoms with Crippen LogP contribution in [0.25, 0.3) is 0 Å². The highest BCUT2D eigenvalue weighted by atomic mass is 16.5. The molecular formula is C11H14N4O2. The van der Waals surface area contributed by atoms with Gasteiger partial charge in [-0.25, -0.2) is 0 Å². The fourth-order valence-corrected chi connectivity index (χ4v) is 2.10. The van der Waals surface area contributed by atoms with E-state index in [4.69, 9.17) is 10.00 Å². The number of nitriles is 1. The van der Waals surface area contributed by atoms with E-state index in [2.05, 4.69) is 5.10 Å². The van der Waals surface area contributed by atoms with Crippen molar-refractivity contribution in [2.45, 2.75) is 18.6 Å². The Morgan fingerprint density at radius 3 is 3.06 bits per heavy atom. The zero-order valence-electron chi connectivity index (χ0n) is 9.61. The van der Waals surface area contributed by atoms with Crippen molar-refractivity contribution in [2.75, 3.05) is 20.2 Å². The SMILES string of the molecule is CO[C@H]1CN(C(=O)CC#N)C[C@@H]1n1cccn1. The van der Waals surface area contributed by atoms with Crippen molar-refractivity contribution < 1.29 is 9.53 Å². The molecule has 1 aliphatic heterocycles. The van der Waals surface area contributed by atoms with Gasteiger partial charge in [-0.15, -0.1) is 0 Å². The van der Waals surface area contributed by atoms with Crippen LogP contribution in [0.3, 0.4) is 0 Å². The second-order valence-corrected chi connectivity index (χ2v) is 3.96. The average molecular weight is 234 g/mol. The summed E-state index contributed by atoms with van der Waals surface area (Å²) in [4.78, 5) is 13.3. The van der Waals surface area contributed by atoms with Gasteiger partial charge in [0.25, 0.3) is 0 Å². The van der Waals surface area contributed by atoms with E-state index in [-0.39, 0.29) is 24.5 Å². The zero-order valence-corrected chi connectivity index (χ0v) is 9.61. The molecule has 17 heavy (non-hydrogen) atoms. The molecule has 0 aromatic carbocycles. The van der Waals surface area contributed by atoms with Gasteiger partial charge in [-0.3, -0.25) is 9.48 Å².